The fraction of sp³-hybridized carbons (Fsp3) is 0.273. The molecular formula is C22H24N4O. The minimum absolute atomic E-state index is 0.108. The number of carbonyl (C=O) groups excluding carboxylic acids is 1. The van der Waals surface area contributed by atoms with Gasteiger partial charge in [0.15, 0.2) is 0 Å². The van der Waals surface area contributed by atoms with E-state index < -0.39 is 0 Å². The van der Waals surface area contributed by atoms with Gasteiger partial charge in [-0.3, -0.25) is 4.79 Å². The largest absolute Gasteiger partial charge is 0.361 e. The van der Waals surface area contributed by atoms with Crippen LogP contribution in [0.5, 0.6) is 0 Å². The number of fused-ring (bicyclic) bond motifs is 2. The van der Waals surface area contributed by atoms with Crippen LogP contribution in [0, 0.1) is 6.92 Å². The average Bonchev–Trinajstić information content (AvgIpc) is 3.23. The van der Waals surface area contributed by atoms with E-state index in [1.165, 1.54) is 10.9 Å². The molecule has 0 aliphatic carbocycles. The highest BCUT2D eigenvalue weighted by molar-refractivity contribution is 5.83. The van der Waals surface area contributed by atoms with Crippen molar-refractivity contribution in [3.05, 3.63) is 66.1 Å². The first-order valence-electron chi connectivity index (χ1n) is 9.46. The van der Waals surface area contributed by atoms with Crippen molar-refractivity contribution in [3.63, 3.8) is 0 Å². The third-order valence-corrected chi connectivity index (χ3v) is 5.03. The summed E-state index contributed by atoms with van der Waals surface area (Å²) in [5.41, 5.74) is 4.54. The van der Waals surface area contributed by atoms with E-state index >= 15 is 0 Å². The molecule has 0 saturated heterocycles. The molecule has 0 bridgehead atoms. The van der Waals surface area contributed by atoms with Gasteiger partial charge in [0, 0.05) is 36.6 Å². The molecule has 5 heteroatoms. The van der Waals surface area contributed by atoms with Crippen LogP contribution in [-0.2, 0) is 17.8 Å². The second-order valence-electron chi connectivity index (χ2n) is 6.86. The molecule has 138 valence electrons. The zero-order chi connectivity index (χ0) is 18.6. The van der Waals surface area contributed by atoms with Crippen molar-refractivity contribution < 1.29 is 4.79 Å². The van der Waals surface area contributed by atoms with E-state index in [-0.39, 0.29) is 5.91 Å². The number of hydrogen-bond acceptors (Lipinski definition) is 2. The fourth-order valence-electron chi connectivity index (χ4n) is 3.65. The van der Waals surface area contributed by atoms with Gasteiger partial charge in [0.25, 0.3) is 0 Å². The number of imidazole rings is 1. The number of rotatable bonds is 7. The Balaban J connectivity index is 1.26. The third-order valence-electron chi connectivity index (χ3n) is 5.03. The summed E-state index contributed by atoms with van der Waals surface area (Å²) in [5, 5.41) is 4.29. The molecule has 5 nitrogen and oxygen atoms in total. The fourth-order valence-corrected chi connectivity index (χ4v) is 3.65. The van der Waals surface area contributed by atoms with Crippen molar-refractivity contribution in [2.75, 3.05) is 6.54 Å². The smallest absolute Gasteiger partial charge is 0.220 e. The number of benzene rings is 2. The highest BCUT2D eigenvalue weighted by Gasteiger charge is 2.08. The number of hydrogen-bond donors (Lipinski definition) is 2. The number of carbonyl (C=O) groups is 1. The molecule has 2 N–H and O–H groups in total. The van der Waals surface area contributed by atoms with Crippen LogP contribution in [0.3, 0.4) is 0 Å². The number of nitrogens with one attached hydrogen (secondary N) is 2. The maximum Gasteiger partial charge on any atom is 0.220 e. The quantitative estimate of drug-likeness (QED) is 0.524. The normalized spacial score (nSPS) is 11.3. The lowest BCUT2D eigenvalue weighted by Gasteiger charge is -2.08. The summed E-state index contributed by atoms with van der Waals surface area (Å²) >= 11 is 0. The van der Waals surface area contributed by atoms with Crippen molar-refractivity contribution in [1.82, 2.24) is 19.9 Å². The average molecular weight is 360 g/mol. The number of aryl methyl sites for hydroxylation is 2. The lowest BCUT2D eigenvalue weighted by molar-refractivity contribution is -0.121. The van der Waals surface area contributed by atoms with Gasteiger partial charge >= 0.3 is 0 Å². The summed E-state index contributed by atoms with van der Waals surface area (Å²) in [5.74, 6) is 1.08. The SMILES string of the molecule is Cc1nc2ccccc2n1CCNC(=O)CCCc1c[nH]c2ccccc12. The van der Waals surface area contributed by atoms with E-state index in [1.54, 1.807) is 0 Å². The maximum atomic E-state index is 12.2. The van der Waals surface area contributed by atoms with Crippen LogP contribution in [0.15, 0.2) is 54.7 Å². The number of H-pyrrole nitrogens is 1. The van der Waals surface area contributed by atoms with Gasteiger partial charge < -0.3 is 14.9 Å². The molecule has 0 spiro atoms. The van der Waals surface area contributed by atoms with Gasteiger partial charge in [-0.2, -0.15) is 0 Å². The van der Waals surface area contributed by atoms with Gasteiger partial charge in [-0.1, -0.05) is 30.3 Å². The molecule has 2 aromatic carbocycles. The summed E-state index contributed by atoms with van der Waals surface area (Å²) in [4.78, 5) is 20.0. The highest BCUT2D eigenvalue weighted by atomic mass is 16.1. The van der Waals surface area contributed by atoms with E-state index in [0.717, 1.165) is 41.8 Å². The van der Waals surface area contributed by atoms with Crippen LogP contribution in [0.25, 0.3) is 21.9 Å². The number of aromatic nitrogens is 3. The Morgan fingerprint density at radius 1 is 1.15 bits per heavy atom. The van der Waals surface area contributed by atoms with Gasteiger partial charge in [0.2, 0.25) is 5.91 Å². The molecule has 4 rings (SSSR count). The summed E-state index contributed by atoms with van der Waals surface area (Å²) in [6, 6.07) is 16.4. The van der Waals surface area contributed by atoms with Crippen LogP contribution in [0.2, 0.25) is 0 Å². The van der Waals surface area contributed by atoms with E-state index in [2.05, 4.69) is 44.2 Å². The molecule has 0 fully saturated rings. The minimum Gasteiger partial charge on any atom is -0.361 e. The van der Waals surface area contributed by atoms with Crippen molar-refractivity contribution in [3.8, 4) is 0 Å². The summed E-state index contributed by atoms with van der Waals surface area (Å²) in [6.45, 7) is 3.36. The standard InChI is InChI=1S/C22H24N4O/c1-16-25-20-10-4-5-11-21(20)26(16)14-13-23-22(27)12-6-7-17-15-24-19-9-3-2-8-18(17)19/h2-5,8-11,15,24H,6-7,12-14H2,1H3,(H,23,27). The van der Waals surface area contributed by atoms with Gasteiger partial charge in [-0.15, -0.1) is 0 Å². The summed E-state index contributed by atoms with van der Waals surface area (Å²) in [7, 11) is 0. The van der Waals surface area contributed by atoms with Crippen molar-refractivity contribution in [2.24, 2.45) is 0 Å². The number of amides is 1. The predicted octanol–water partition coefficient (Wildman–Crippen LogP) is 3.97. The zero-order valence-corrected chi connectivity index (χ0v) is 15.5. The maximum absolute atomic E-state index is 12.2. The first-order chi connectivity index (χ1) is 13.2. The van der Waals surface area contributed by atoms with Gasteiger partial charge in [0.05, 0.1) is 11.0 Å². The van der Waals surface area contributed by atoms with Crippen LogP contribution in [0.4, 0.5) is 0 Å². The highest BCUT2D eigenvalue weighted by Crippen LogP contribution is 2.19. The zero-order valence-electron chi connectivity index (χ0n) is 15.5. The molecule has 0 aliphatic rings. The molecule has 27 heavy (non-hydrogen) atoms. The number of aromatic amines is 1. The van der Waals surface area contributed by atoms with E-state index in [4.69, 9.17) is 0 Å². The van der Waals surface area contributed by atoms with Gasteiger partial charge in [-0.25, -0.2) is 4.98 Å². The topological polar surface area (TPSA) is 62.7 Å². The van der Waals surface area contributed by atoms with E-state index in [0.29, 0.717) is 13.0 Å². The minimum atomic E-state index is 0.108. The molecule has 0 aliphatic heterocycles. The van der Waals surface area contributed by atoms with Gasteiger partial charge in [-0.05, 0) is 43.5 Å². The molecule has 4 aromatic rings. The lowest BCUT2D eigenvalue weighted by atomic mass is 10.1. The third kappa shape index (κ3) is 3.72. The van der Waals surface area contributed by atoms with Crippen molar-refractivity contribution in [2.45, 2.75) is 32.7 Å². The van der Waals surface area contributed by atoms with Crippen LogP contribution in [0.1, 0.15) is 24.2 Å². The lowest BCUT2D eigenvalue weighted by Crippen LogP contribution is -2.27. The van der Waals surface area contributed by atoms with E-state index in [9.17, 15) is 4.79 Å². The number of para-hydroxylation sites is 3. The Morgan fingerprint density at radius 2 is 1.96 bits per heavy atom. The Morgan fingerprint density at radius 3 is 2.89 bits per heavy atom. The predicted molar refractivity (Wildman–Crippen MR) is 109 cm³/mol. The second-order valence-corrected chi connectivity index (χ2v) is 6.86. The first kappa shape index (κ1) is 17.3. The Bertz CT molecular complexity index is 1080. The molecule has 0 saturated carbocycles. The van der Waals surface area contributed by atoms with Crippen LogP contribution >= 0.6 is 0 Å². The molecular weight excluding hydrogens is 336 g/mol. The van der Waals surface area contributed by atoms with Crippen LogP contribution in [-0.4, -0.2) is 27.0 Å². The number of nitrogens with zero attached hydrogens (tertiary/aromatic N) is 2. The van der Waals surface area contributed by atoms with Gasteiger partial charge in [0.1, 0.15) is 5.82 Å². The van der Waals surface area contributed by atoms with E-state index in [1.807, 2.05) is 37.3 Å². The Kier molecular flexibility index (Phi) is 4.92. The first-order valence-corrected chi connectivity index (χ1v) is 9.46. The molecule has 1 amide bonds. The van der Waals surface area contributed by atoms with Crippen molar-refractivity contribution >= 4 is 27.8 Å². The van der Waals surface area contributed by atoms with Crippen LogP contribution < -0.4 is 5.32 Å². The van der Waals surface area contributed by atoms with Crippen molar-refractivity contribution in [1.29, 1.82) is 0 Å². The molecule has 0 radical (unpaired) electrons. The summed E-state index contributed by atoms with van der Waals surface area (Å²) < 4.78 is 2.15. The Labute approximate surface area is 158 Å². The molecule has 0 unspecified atom stereocenters. The molecule has 2 aromatic heterocycles. The Hall–Kier alpha value is -3.08. The molecule has 0 atom stereocenters. The monoisotopic (exact) mass is 360 g/mol. The molecule has 2 heterocycles. The summed E-state index contributed by atoms with van der Waals surface area (Å²) in [6.07, 6.45) is 4.35. The second kappa shape index (κ2) is 7.66.